The van der Waals surface area contributed by atoms with Crippen molar-refractivity contribution in [2.24, 2.45) is 5.92 Å². The minimum atomic E-state index is -0.683. The molecule has 4 N–H and O–H groups in total. The Labute approximate surface area is 212 Å². The Balaban J connectivity index is 1.41. The number of hydrogen-bond acceptors (Lipinski definition) is 7. The molecule has 0 spiro atoms. The number of benzene rings is 2. The highest BCUT2D eigenvalue weighted by atomic mass is 19.1. The molecular weight excluding hydrogens is 478 g/mol. The van der Waals surface area contributed by atoms with Crippen molar-refractivity contribution in [1.29, 1.82) is 5.26 Å². The van der Waals surface area contributed by atoms with Gasteiger partial charge in [0.25, 0.3) is 5.91 Å². The first-order valence-corrected chi connectivity index (χ1v) is 12.1. The van der Waals surface area contributed by atoms with E-state index in [4.69, 9.17) is 15.7 Å². The highest BCUT2D eigenvalue weighted by molar-refractivity contribution is 6.05. The summed E-state index contributed by atoms with van der Waals surface area (Å²) in [4.78, 5) is 21.2. The number of amides is 1. The predicted octanol–water partition coefficient (Wildman–Crippen LogP) is 4.32. The van der Waals surface area contributed by atoms with Gasteiger partial charge in [-0.15, -0.1) is 0 Å². The summed E-state index contributed by atoms with van der Waals surface area (Å²) in [6.45, 7) is 2.49. The lowest BCUT2D eigenvalue weighted by Crippen LogP contribution is -2.28. The number of rotatable bonds is 7. The molecule has 10 heteroatoms. The fourth-order valence-electron chi connectivity index (χ4n) is 4.58. The van der Waals surface area contributed by atoms with Crippen LogP contribution in [0.5, 0.6) is 5.75 Å². The summed E-state index contributed by atoms with van der Waals surface area (Å²) in [5.74, 6) is -1.41. The molecule has 1 saturated heterocycles. The number of aromatic nitrogens is 2. The fraction of sp³-hybridized carbons (Fsp3) is 0.333. The number of ether oxygens (including phenoxy) is 1. The SMILES string of the molecule is Cc1c(NC(=O)c2ccc(C3CC3)cc2F)cc(F)cc1-c1ncnc(N)c1OC[C@@H]1C[C@@H](C#N)CN1. The number of carbonyl (C=O) groups excluding carboxylic acids is 1. The monoisotopic (exact) mass is 504 g/mol. The second-order valence-electron chi connectivity index (χ2n) is 9.51. The number of nitrogens with two attached hydrogens (primary N) is 1. The van der Waals surface area contributed by atoms with E-state index in [1.54, 1.807) is 13.0 Å². The highest BCUT2D eigenvalue weighted by Gasteiger charge is 2.27. The number of nitrogens with zero attached hydrogens (tertiary/aromatic N) is 3. The van der Waals surface area contributed by atoms with Gasteiger partial charge in [-0.2, -0.15) is 5.26 Å². The van der Waals surface area contributed by atoms with Crippen LogP contribution in [0.3, 0.4) is 0 Å². The minimum Gasteiger partial charge on any atom is -0.486 e. The van der Waals surface area contributed by atoms with Crippen LogP contribution in [0, 0.1) is 35.8 Å². The van der Waals surface area contributed by atoms with Gasteiger partial charge >= 0.3 is 0 Å². The molecule has 2 fully saturated rings. The van der Waals surface area contributed by atoms with Crippen molar-refractivity contribution >= 4 is 17.4 Å². The third-order valence-electron chi connectivity index (χ3n) is 6.83. The molecule has 37 heavy (non-hydrogen) atoms. The Kier molecular flexibility index (Phi) is 6.72. The van der Waals surface area contributed by atoms with Crippen LogP contribution < -0.4 is 21.1 Å². The largest absolute Gasteiger partial charge is 0.486 e. The lowest BCUT2D eigenvalue weighted by Gasteiger charge is -2.18. The summed E-state index contributed by atoms with van der Waals surface area (Å²) in [7, 11) is 0. The number of carbonyl (C=O) groups is 1. The number of nitrogens with one attached hydrogen (secondary N) is 2. The van der Waals surface area contributed by atoms with Gasteiger partial charge in [0.15, 0.2) is 11.6 Å². The third-order valence-corrected chi connectivity index (χ3v) is 6.83. The van der Waals surface area contributed by atoms with E-state index in [1.165, 1.54) is 30.6 Å². The summed E-state index contributed by atoms with van der Waals surface area (Å²) >= 11 is 0. The van der Waals surface area contributed by atoms with Crippen LogP contribution in [0.4, 0.5) is 20.3 Å². The van der Waals surface area contributed by atoms with Gasteiger partial charge in [-0.3, -0.25) is 4.79 Å². The molecule has 2 aliphatic rings. The van der Waals surface area contributed by atoms with E-state index < -0.39 is 17.5 Å². The maximum atomic E-state index is 14.7. The normalized spacial score (nSPS) is 18.9. The molecule has 2 atom stereocenters. The fourth-order valence-corrected chi connectivity index (χ4v) is 4.58. The Bertz CT molecular complexity index is 1400. The molecule has 1 aliphatic carbocycles. The van der Waals surface area contributed by atoms with Crippen LogP contribution in [0.25, 0.3) is 11.3 Å². The molecule has 0 bridgehead atoms. The van der Waals surface area contributed by atoms with Crippen molar-refractivity contribution < 1.29 is 18.3 Å². The van der Waals surface area contributed by atoms with E-state index >= 15 is 0 Å². The highest BCUT2D eigenvalue weighted by Crippen LogP contribution is 2.40. The number of nitrogen functional groups attached to an aromatic ring is 1. The van der Waals surface area contributed by atoms with Crippen molar-refractivity contribution in [3.63, 3.8) is 0 Å². The third kappa shape index (κ3) is 5.22. The summed E-state index contributed by atoms with van der Waals surface area (Å²) < 4.78 is 35.4. The van der Waals surface area contributed by atoms with Crippen molar-refractivity contribution in [3.8, 4) is 23.1 Å². The lowest BCUT2D eigenvalue weighted by molar-refractivity contribution is 0.102. The van der Waals surface area contributed by atoms with Crippen molar-refractivity contribution in [2.75, 3.05) is 24.2 Å². The smallest absolute Gasteiger partial charge is 0.258 e. The average molecular weight is 505 g/mol. The summed E-state index contributed by atoms with van der Waals surface area (Å²) in [6.07, 6.45) is 3.92. The quantitative estimate of drug-likeness (QED) is 0.437. The molecule has 8 nitrogen and oxygen atoms in total. The molecule has 1 aliphatic heterocycles. The molecule has 1 aromatic heterocycles. The van der Waals surface area contributed by atoms with Gasteiger partial charge in [0.2, 0.25) is 0 Å². The van der Waals surface area contributed by atoms with E-state index in [9.17, 15) is 13.6 Å². The van der Waals surface area contributed by atoms with Gasteiger partial charge in [0.1, 0.15) is 30.3 Å². The summed E-state index contributed by atoms with van der Waals surface area (Å²) in [6, 6.07) is 9.22. The second kappa shape index (κ2) is 10.1. The number of anilines is 2. The molecule has 5 rings (SSSR count). The molecule has 1 amide bonds. The Morgan fingerprint density at radius 2 is 2.08 bits per heavy atom. The molecule has 0 radical (unpaired) electrons. The van der Waals surface area contributed by atoms with Gasteiger partial charge in [-0.25, -0.2) is 18.7 Å². The van der Waals surface area contributed by atoms with Gasteiger partial charge in [-0.1, -0.05) is 6.07 Å². The van der Waals surface area contributed by atoms with E-state index in [1.807, 2.05) is 0 Å². The zero-order valence-electron chi connectivity index (χ0n) is 20.2. The molecule has 0 unspecified atom stereocenters. The van der Waals surface area contributed by atoms with Crippen LogP contribution in [0.1, 0.15) is 46.7 Å². The van der Waals surface area contributed by atoms with Crippen LogP contribution >= 0.6 is 0 Å². The number of hydrogen-bond donors (Lipinski definition) is 3. The first-order chi connectivity index (χ1) is 17.8. The maximum Gasteiger partial charge on any atom is 0.258 e. The topological polar surface area (TPSA) is 126 Å². The van der Waals surface area contributed by atoms with Gasteiger partial charge < -0.3 is 21.1 Å². The molecule has 2 aromatic carbocycles. The van der Waals surface area contributed by atoms with Crippen molar-refractivity contribution in [1.82, 2.24) is 15.3 Å². The Morgan fingerprint density at radius 1 is 1.27 bits per heavy atom. The zero-order chi connectivity index (χ0) is 26.1. The lowest BCUT2D eigenvalue weighted by atomic mass is 10.0. The second-order valence-corrected chi connectivity index (χ2v) is 9.51. The first kappa shape index (κ1) is 24.6. The molecule has 1 saturated carbocycles. The van der Waals surface area contributed by atoms with Crippen molar-refractivity contribution in [2.45, 2.75) is 38.1 Å². The van der Waals surface area contributed by atoms with Gasteiger partial charge in [0, 0.05) is 23.8 Å². The minimum absolute atomic E-state index is 0.0539. The number of halogens is 2. The zero-order valence-corrected chi connectivity index (χ0v) is 20.2. The van der Waals surface area contributed by atoms with Crippen molar-refractivity contribution in [3.05, 3.63) is 65.0 Å². The van der Waals surface area contributed by atoms with Gasteiger partial charge in [-0.05, 0) is 67.5 Å². The van der Waals surface area contributed by atoms with E-state index in [0.717, 1.165) is 18.4 Å². The summed E-state index contributed by atoms with van der Waals surface area (Å²) in [5, 5.41) is 15.0. The molecule has 190 valence electrons. The van der Waals surface area contributed by atoms with E-state index in [-0.39, 0.29) is 47.1 Å². The van der Waals surface area contributed by atoms with Crippen LogP contribution in [0.15, 0.2) is 36.7 Å². The summed E-state index contributed by atoms with van der Waals surface area (Å²) in [5.41, 5.74) is 8.11. The molecule has 3 aromatic rings. The van der Waals surface area contributed by atoms with E-state index in [0.29, 0.717) is 30.0 Å². The Hall–Kier alpha value is -4.10. The maximum absolute atomic E-state index is 14.7. The predicted molar refractivity (Wildman–Crippen MR) is 134 cm³/mol. The van der Waals surface area contributed by atoms with Crippen LogP contribution in [0.2, 0.25) is 0 Å². The molecule has 2 heterocycles. The van der Waals surface area contributed by atoms with E-state index in [2.05, 4.69) is 26.7 Å². The first-order valence-electron chi connectivity index (χ1n) is 12.1. The van der Waals surface area contributed by atoms with Gasteiger partial charge in [0.05, 0.1) is 17.6 Å². The standard InChI is InChI=1S/C27H26F2N6O2/c1-14-21(24-25(26(31)34-13-33-24)37-12-19-6-15(10-30)11-32-19)8-18(28)9-23(14)35-27(36)20-5-4-17(7-22(20)29)16-2-3-16/h4-5,7-9,13,15-16,19,32H,2-3,6,11-12H2,1H3,(H,35,36)(H2,31,33,34)/t15-,19-/m0/s1. The molecular formula is C27H26F2N6O2. The van der Waals surface area contributed by atoms with Crippen LogP contribution in [-0.4, -0.2) is 35.1 Å². The van der Waals surface area contributed by atoms with Crippen LogP contribution in [-0.2, 0) is 0 Å². The Morgan fingerprint density at radius 3 is 2.78 bits per heavy atom. The average Bonchev–Trinajstić information content (AvgIpc) is 3.63. The number of nitriles is 1.